The maximum atomic E-state index is 13.2. The lowest BCUT2D eigenvalue weighted by Gasteiger charge is -2.15. The molecule has 0 aliphatic rings. The van der Waals surface area contributed by atoms with Crippen LogP contribution in [0.15, 0.2) is 73.2 Å². The van der Waals surface area contributed by atoms with E-state index in [1.165, 1.54) is 41.4 Å². The van der Waals surface area contributed by atoms with E-state index in [0.29, 0.717) is 12.1 Å². The quantitative estimate of drug-likeness (QED) is 0.238. The molecule has 0 aliphatic heterocycles. The van der Waals surface area contributed by atoms with Crippen molar-refractivity contribution >= 4 is 17.5 Å². The molecule has 0 unspecified atom stereocenters. The van der Waals surface area contributed by atoms with Crippen LogP contribution in [-0.4, -0.2) is 15.5 Å². The Balaban J connectivity index is 1.58. The summed E-state index contributed by atoms with van der Waals surface area (Å²) in [6.07, 6.45) is -12.2. The van der Waals surface area contributed by atoms with E-state index in [-0.39, 0.29) is 45.7 Å². The van der Waals surface area contributed by atoms with E-state index < -0.39 is 41.1 Å². The fraction of sp³-hybridized carbons (Fsp3) is 0.154. The molecule has 0 saturated carbocycles. The number of hydrogen-bond donors (Lipinski definition) is 1. The molecule has 40 heavy (non-hydrogen) atoms. The van der Waals surface area contributed by atoms with Crippen molar-refractivity contribution in [2.45, 2.75) is 25.1 Å². The van der Waals surface area contributed by atoms with Gasteiger partial charge in [0.2, 0.25) is 0 Å². The smallest absolute Gasteiger partial charge is 0.347 e. The molecular weight excluding hydrogens is 577 g/mol. The maximum Gasteiger partial charge on any atom is 0.416 e. The highest BCUT2D eigenvalue weighted by Crippen LogP contribution is 2.39. The first-order chi connectivity index (χ1) is 18.5. The Morgan fingerprint density at radius 3 is 1.88 bits per heavy atom. The third-order valence-corrected chi connectivity index (χ3v) is 6.12. The molecule has 0 spiro atoms. The van der Waals surface area contributed by atoms with E-state index in [1.807, 2.05) is 0 Å². The van der Waals surface area contributed by atoms with Gasteiger partial charge < -0.3 is 5.32 Å². The summed E-state index contributed by atoms with van der Waals surface area (Å²) in [7, 11) is 0. The SMILES string of the molecule is O=C(NCc1cc(C(F)(F)F)ccc1Cl)c1cncn1-c1ccc(-c2cc(C(F)(F)F)cc(C(F)(F)F)c2)cc1. The van der Waals surface area contributed by atoms with Crippen molar-refractivity contribution in [3.05, 3.63) is 106 Å². The molecule has 4 aromatic rings. The number of benzene rings is 3. The zero-order valence-corrected chi connectivity index (χ0v) is 20.5. The number of halogens is 10. The molecule has 3 aromatic carbocycles. The maximum absolute atomic E-state index is 13.2. The Bertz CT molecular complexity index is 1510. The van der Waals surface area contributed by atoms with Crippen LogP contribution in [0.2, 0.25) is 5.02 Å². The number of rotatable bonds is 5. The average Bonchev–Trinajstić information content (AvgIpc) is 3.36. The van der Waals surface area contributed by atoms with Crippen LogP contribution in [-0.2, 0) is 25.1 Å². The van der Waals surface area contributed by atoms with Crippen molar-refractivity contribution in [2.75, 3.05) is 0 Å². The standard InChI is InChI=1S/C26H15ClF9N3O/c27-21-6-3-17(24(28,29)30)9-16(21)11-38-23(40)22-12-37-13-39(22)20-4-1-14(2-5-20)15-7-18(25(31,32)33)10-19(8-15)26(34,35)36/h1-10,12-13H,11H2,(H,38,40). The molecule has 4 rings (SSSR count). The highest BCUT2D eigenvalue weighted by Gasteiger charge is 2.37. The second-order valence-electron chi connectivity index (χ2n) is 8.48. The van der Waals surface area contributed by atoms with Gasteiger partial charge in [-0.3, -0.25) is 9.36 Å². The third-order valence-electron chi connectivity index (χ3n) is 5.75. The monoisotopic (exact) mass is 591 g/mol. The number of nitrogens with zero attached hydrogens (tertiary/aromatic N) is 2. The predicted octanol–water partition coefficient (Wildman–Crippen LogP) is 8.18. The summed E-state index contributed by atoms with van der Waals surface area (Å²) in [5.74, 6) is -0.734. The van der Waals surface area contributed by atoms with Crippen molar-refractivity contribution in [1.82, 2.24) is 14.9 Å². The number of hydrogen-bond acceptors (Lipinski definition) is 2. The molecule has 0 saturated heterocycles. The molecule has 14 heteroatoms. The molecule has 0 bridgehead atoms. The number of alkyl halides is 9. The van der Waals surface area contributed by atoms with Gasteiger partial charge in [-0.15, -0.1) is 0 Å². The van der Waals surface area contributed by atoms with Crippen molar-refractivity contribution < 1.29 is 44.3 Å². The first kappa shape index (κ1) is 29.0. The largest absolute Gasteiger partial charge is 0.416 e. The summed E-state index contributed by atoms with van der Waals surface area (Å²) in [4.78, 5) is 16.6. The van der Waals surface area contributed by atoms with Gasteiger partial charge in [0.1, 0.15) is 5.69 Å². The van der Waals surface area contributed by atoms with Gasteiger partial charge in [-0.2, -0.15) is 39.5 Å². The van der Waals surface area contributed by atoms with Crippen LogP contribution < -0.4 is 5.32 Å². The minimum atomic E-state index is -5.01. The van der Waals surface area contributed by atoms with Gasteiger partial charge in [0, 0.05) is 17.3 Å². The van der Waals surface area contributed by atoms with Gasteiger partial charge in [-0.1, -0.05) is 23.7 Å². The van der Waals surface area contributed by atoms with Gasteiger partial charge in [-0.05, 0) is 65.2 Å². The second kappa shape index (κ2) is 10.5. The summed E-state index contributed by atoms with van der Waals surface area (Å²) in [5.41, 5.74) is -3.90. The fourth-order valence-corrected chi connectivity index (χ4v) is 3.94. The number of carbonyl (C=O) groups is 1. The predicted molar refractivity (Wildman–Crippen MR) is 127 cm³/mol. The van der Waals surface area contributed by atoms with E-state index in [2.05, 4.69) is 10.3 Å². The van der Waals surface area contributed by atoms with Crippen molar-refractivity contribution in [2.24, 2.45) is 0 Å². The molecule has 1 amide bonds. The highest BCUT2D eigenvalue weighted by molar-refractivity contribution is 6.31. The van der Waals surface area contributed by atoms with Gasteiger partial charge in [0.15, 0.2) is 0 Å². The third kappa shape index (κ3) is 6.41. The molecule has 1 heterocycles. The van der Waals surface area contributed by atoms with Gasteiger partial charge in [0.05, 0.1) is 29.2 Å². The van der Waals surface area contributed by atoms with E-state index in [9.17, 15) is 44.3 Å². The van der Waals surface area contributed by atoms with Crippen LogP contribution in [0, 0.1) is 0 Å². The zero-order chi connectivity index (χ0) is 29.5. The topological polar surface area (TPSA) is 46.9 Å². The van der Waals surface area contributed by atoms with Crippen molar-refractivity contribution in [3.8, 4) is 16.8 Å². The lowest BCUT2D eigenvalue weighted by atomic mass is 9.99. The molecule has 210 valence electrons. The lowest BCUT2D eigenvalue weighted by Crippen LogP contribution is -2.25. The summed E-state index contributed by atoms with van der Waals surface area (Å²) < 4.78 is 120. The first-order valence-corrected chi connectivity index (χ1v) is 11.5. The van der Waals surface area contributed by atoms with Gasteiger partial charge in [-0.25, -0.2) is 4.98 Å². The van der Waals surface area contributed by atoms with E-state index >= 15 is 0 Å². The molecule has 4 nitrogen and oxygen atoms in total. The van der Waals surface area contributed by atoms with Crippen LogP contribution in [0.4, 0.5) is 39.5 Å². The number of nitrogens with one attached hydrogen (secondary N) is 1. The summed E-state index contributed by atoms with van der Waals surface area (Å²) in [5, 5.41) is 2.44. The van der Waals surface area contributed by atoms with E-state index in [4.69, 9.17) is 11.6 Å². The van der Waals surface area contributed by atoms with Crippen LogP contribution in [0.25, 0.3) is 16.8 Å². The average molecular weight is 592 g/mol. The normalized spacial score (nSPS) is 12.4. The number of imidazole rings is 1. The Hall–Kier alpha value is -4.00. The molecule has 1 aromatic heterocycles. The molecule has 0 radical (unpaired) electrons. The van der Waals surface area contributed by atoms with Crippen LogP contribution in [0.3, 0.4) is 0 Å². The number of carbonyl (C=O) groups excluding carboxylic acids is 1. The van der Waals surface area contributed by atoms with Crippen LogP contribution >= 0.6 is 11.6 Å². The zero-order valence-electron chi connectivity index (χ0n) is 19.7. The van der Waals surface area contributed by atoms with E-state index in [1.54, 1.807) is 0 Å². The number of amides is 1. The summed E-state index contributed by atoms with van der Waals surface area (Å²) in [6.45, 7) is -0.344. The molecular formula is C26H15ClF9N3O. The fourth-order valence-electron chi connectivity index (χ4n) is 3.76. The Labute approximate surface area is 225 Å². The second-order valence-corrected chi connectivity index (χ2v) is 8.88. The van der Waals surface area contributed by atoms with Gasteiger partial charge in [0.25, 0.3) is 5.91 Å². The van der Waals surface area contributed by atoms with Crippen molar-refractivity contribution in [1.29, 1.82) is 0 Å². The molecule has 0 aliphatic carbocycles. The Kier molecular flexibility index (Phi) is 7.63. The minimum absolute atomic E-state index is 0.000620. The number of aromatic nitrogens is 2. The van der Waals surface area contributed by atoms with Crippen LogP contribution in [0.5, 0.6) is 0 Å². The highest BCUT2D eigenvalue weighted by atomic mass is 35.5. The van der Waals surface area contributed by atoms with E-state index in [0.717, 1.165) is 18.2 Å². The Morgan fingerprint density at radius 1 is 0.750 bits per heavy atom. The Morgan fingerprint density at radius 2 is 1.32 bits per heavy atom. The first-order valence-electron chi connectivity index (χ1n) is 11.1. The lowest BCUT2D eigenvalue weighted by molar-refractivity contribution is -0.143. The van der Waals surface area contributed by atoms with Crippen LogP contribution in [0.1, 0.15) is 32.7 Å². The minimum Gasteiger partial charge on any atom is -0.347 e. The molecule has 1 N–H and O–H groups in total. The summed E-state index contributed by atoms with van der Waals surface area (Å²) >= 11 is 5.96. The molecule has 0 atom stereocenters. The van der Waals surface area contributed by atoms with Crippen molar-refractivity contribution in [3.63, 3.8) is 0 Å². The summed E-state index contributed by atoms with van der Waals surface area (Å²) in [6, 6.07) is 9.13. The molecule has 0 fully saturated rings. The van der Waals surface area contributed by atoms with Gasteiger partial charge >= 0.3 is 18.5 Å².